The Morgan fingerprint density at radius 1 is 1.33 bits per heavy atom. The Balaban J connectivity index is 2.18. The molecule has 0 bridgehead atoms. The third-order valence-corrected chi connectivity index (χ3v) is 4.87. The largest absolute Gasteiger partial charge is 0.378 e. The number of benzene rings is 1. The smallest absolute Gasteiger partial charge is 0.128 e. The number of aryl methyl sites for hydroxylation is 1. The molecule has 1 fully saturated rings. The highest BCUT2D eigenvalue weighted by molar-refractivity contribution is 7.82. The van der Waals surface area contributed by atoms with E-state index in [1.54, 1.807) is 0 Å². The van der Waals surface area contributed by atoms with Crippen molar-refractivity contribution in [1.82, 2.24) is 4.31 Å². The van der Waals surface area contributed by atoms with Gasteiger partial charge in [0.15, 0.2) is 0 Å². The number of ether oxygens (including phenoxy) is 1. The summed E-state index contributed by atoms with van der Waals surface area (Å²) in [5.74, 6) is 0.444. The van der Waals surface area contributed by atoms with Crippen molar-refractivity contribution in [2.45, 2.75) is 31.7 Å². The van der Waals surface area contributed by atoms with Crippen LogP contribution in [0.1, 0.15) is 19.4 Å². The van der Waals surface area contributed by atoms with E-state index in [0.29, 0.717) is 19.1 Å². The standard InChI is InChI=1S/C14H21NO2S/c1-11(2)14-10-17-9-8-15(14)18(16)13-6-4-12(3)5-7-13/h4-7,11,14H,8-10H2,1-3H3/t14-,18?/m0/s1. The van der Waals surface area contributed by atoms with Crippen LogP contribution in [0, 0.1) is 12.8 Å². The van der Waals surface area contributed by atoms with E-state index in [9.17, 15) is 4.21 Å². The van der Waals surface area contributed by atoms with Crippen LogP contribution in [0.2, 0.25) is 0 Å². The first-order valence-corrected chi connectivity index (χ1v) is 7.53. The predicted octanol–water partition coefficient (Wildman–Crippen LogP) is 2.37. The van der Waals surface area contributed by atoms with Gasteiger partial charge in [-0.2, -0.15) is 0 Å². The maximum absolute atomic E-state index is 12.6. The zero-order chi connectivity index (χ0) is 13.1. The molecule has 2 rings (SSSR count). The maximum atomic E-state index is 12.6. The van der Waals surface area contributed by atoms with Gasteiger partial charge < -0.3 is 4.74 Å². The van der Waals surface area contributed by atoms with E-state index in [0.717, 1.165) is 11.4 Å². The Bertz CT molecular complexity index is 416. The summed E-state index contributed by atoms with van der Waals surface area (Å²) in [5, 5.41) is 0. The van der Waals surface area contributed by atoms with Gasteiger partial charge in [0, 0.05) is 12.6 Å². The van der Waals surface area contributed by atoms with Crippen molar-refractivity contribution in [3.63, 3.8) is 0 Å². The molecule has 0 spiro atoms. The predicted molar refractivity (Wildman–Crippen MR) is 73.7 cm³/mol. The van der Waals surface area contributed by atoms with Gasteiger partial charge >= 0.3 is 0 Å². The molecule has 0 aliphatic carbocycles. The summed E-state index contributed by atoms with van der Waals surface area (Å²) in [7, 11) is -1.08. The van der Waals surface area contributed by atoms with Gasteiger partial charge in [-0.1, -0.05) is 31.5 Å². The number of rotatable bonds is 3. The molecule has 1 unspecified atom stereocenters. The minimum Gasteiger partial charge on any atom is -0.378 e. The normalized spacial score (nSPS) is 23.2. The Kier molecular flexibility index (Phi) is 4.54. The van der Waals surface area contributed by atoms with E-state index in [2.05, 4.69) is 18.2 Å². The van der Waals surface area contributed by atoms with Gasteiger partial charge in [-0.3, -0.25) is 0 Å². The average molecular weight is 267 g/mol. The lowest BCUT2D eigenvalue weighted by atomic mass is 10.1. The van der Waals surface area contributed by atoms with Gasteiger partial charge in [0.25, 0.3) is 0 Å². The molecule has 0 amide bonds. The van der Waals surface area contributed by atoms with E-state index in [1.807, 2.05) is 31.2 Å². The molecule has 0 saturated carbocycles. The Labute approximate surface area is 112 Å². The zero-order valence-corrected chi connectivity index (χ0v) is 12.1. The van der Waals surface area contributed by atoms with Crippen LogP contribution in [-0.4, -0.2) is 34.3 Å². The molecule has 1 aromatic rings. The van der Waals surface area contributed by atoms with Gasteiger partial charge in [-0.25, -0.2) is 8.51 Å². The fraction of sp³-hybridized carbons (Fsp3) is 0.571. The zero-order valence-electron chi connectivity index (χ0n) is 11.3. The molecule has 1 aliphatic heterocycles. The molecule has 18 heavy (non-hydrogen) atoms. The fourth-order valence-electron chi connectivity index (χ4n) is 2.13. The topological polar surface area (TPSA) is 29.5 Å². The van der Waals surface area contributed by atoms with Crippen LogP contribution in [-0.2, 0) is 15.7 Å². The molecule has 0 N–H and O–H groups in total. The summed E-state index contributed by atoms with van der Waals surface area (Å²) < 4.78 is 20.2. The summed E-state index contributed by atoms with van der Waals surface area (Å²) in [5.41, 5.74) is 1.19. The minimum atomic E-state index is -1.08. The average Bonchev–Trinajstić information content (AvgIpc) is 2.39. The van der Waals surface area contributed by atoms with Gasteiger partial charge in [0.2, 0.25) is 0 Å². The SMILES string of the molecule is Cc1ccc(S(=O)N2CCOC[C@H]2C(C)C)cc1. The van der Waals surface area contributed by atoms with Crippen molar-refractivity contribution in [2.24, 2.45) is 5.92 Å². The van der Waals surface area contributed by atoms with Crippen LogP contribution in [0.4, 0.5) is 0 Å². The van der Waals surface area contributed by atoms with Gasteiger partial charge in [0.05, 0.1) is 18.1 Å². The molecular formula is C14H21NO2S. The molecular weight excluding hydrogens is 246 g/mol. The van der Waals surface area contributed by atoms with Crippen molar-refractivity contribution in [3.8, 4) is 0 Å². The number of hydrogen-bond acceptors (Lipinski definition) is 2. The molecule has 1 aliphatic rings. The summed E-state index contributed by atoms with van der Waals surface area (Å²) >= 11 is 0. The maximum Gasteiger partial charge on any atom is 0.128 e. The second-order valence-corrected chi connectivity index (χ2v) is 6.53. The van der Waals surface area contributed by atoms with E-state index in [-0.39, 0.29) is 6.04 Å². The highest BCUT2D eigenvalue weighted by Crippen LogP contribution is 2.21. The third-order valence-electron chi connectivity index (χ3n) is 3.32. The first-order chi connectivity index (χ1) is 8.59. The van der Waals surface area contributed by atoms with Crippen LogP contribution < -0.4 is 0 Å². The van der Waals surface area contributed by atoms with E-state index in [4.69, 9.17) is 4.74 Å². The summed E-state index contributed by atoms with van der Waals surface area (Å²) in [4.78, 5) is 0.883. The van der Waals surface area contributed by atoms with Gasteiger partial charge in [-0.15, -0.1) is 0 Å². The van der Waals surface area contributed by atoms with Crippen molar-refractivity contribution in [2.75, 3.05) is 19.8 Å². The third kappa shape index (κ3) is 2.99. The lowest BCUT2D eigenvalue weighted by Crippen LogP contribution is -2.48. The van der Waals surface area contributed by atoms with Crippen molar-refractivity contribution in [3.05, 3.63) is 29.8 Å². The highest BCUT2D eigenvalue weighted by atomic mass is 32.2. The Morgan fingerprint density at radius 3 is 2.61 bits per heavy atom. The van der Waals surface area contributed by atoms with Crippen LogP contribution in [0.15, 0.2) is 29.2 Å². The minimum absolute atomic E-state index is 0.237. The molecule has 0 radical (unpaired) electrons. The summed E-state index contributed by atoms with van der Waals surface area (Å²) in [6, 6.07) is 8.17. The number of morpholine rings is 1. The Morgan fingerprint density at radius 2 is 2.00 bits per heavy atom. The first kappa shape index (κ1) is 13.7. The number of nitrogens with zero attached hydrogens (tertiary/aromatic N) is 1. The van der Waals surface area contributed by atoms with E-state index in [1.165, 1.54) is 5.56 Å². The van der Waals surface area contributed by atoms with Crippen LogP contribution >= 0.6 is 0 Å². The quantitative estimate of drug-likeness (QED) is 0.841. The first-order valence-electron chi connectivity index (χ1n) is 6.42. The van der Waals surface area contributed by atoms with Gasteiger partial charge in [-0.05, 0) is 25.0 Å². The molecule has 1 heterocycles. The van der Waals surface area contributed by atoms with Crippen LogP contribution in [0.25, 0.3) is 0 Å². The van der Waals surface area contributed by atoms with E-state index >= 15 is 0 Å². The van der Waals surface area contributed by atoms with Crippen LogP contribution in [0.3, 0.4) is 0 Å². The Hall–Kier alpha value is -0.710. The van der Waals surface area contributed by atoms with Crippen molar-refractivity contribution in [1.29, 1.82) is 0 Å². The highest BCUT2D eigenvalue weighted by Gasteiger charge is 2.30. The second kappa shape index (κ2) is 5.95. The molecule has 1 saturated heterocycles. The van der Waals surface area contributed by atoms with Crippen molar-refractivity contribution >= 4 is 11.0 Å². The van der Waals surface area contributed by atoms with Gasteiger partial charge in [0.1, 0.15) is 11.0 Å². The second-order valence-electron chi connectivity index (χ2n) is 5.09. The lowest BCUT2D eigenvalue weighted by molar-refractivity contribution is 0.0184. The monoisotopic (exact) mass is 267 g/mol. The molecule has 0 aromatic heterocycles. The lowest BCUT2D eigenvalue weighted by Gasteiger charge is -2.36. The fourth-order valence-corrected chi connectivity index (χ4v) is 3.56. The molecule has 2 atom stereocenters. The molecule has 3 nitrogen and oxygen atoms in total. The molecule has 4 heteroatoms. The van der Waals surface area contributed by atoms with Crippen molar-refractivity contribution < 1.29 is 8.95 Å². The molecule has 1 aromatic carbocycles. The van der Waals surface area contributed by atoms with Crippen LogP contribution in [0.5, 0.6) is 0 Å². The van der Waals surface area contributed by atoms with E-state index < -0.39 is 11.0 Å². The number of hydrogen-bond donors (Lipinski definition) is 0. The molecule has 100 valence electrons. The summed E-state index contributed by atoms with van der Waals surface area (Å²) in [6.07, 6.45) is 0. The summed E-state index contributed by atoms with van der Waals surface area (Å²) in [6.45, 7) is 8.43.